The van der Waals surface area contributed by atoms with Crippen LogP contribution >= 0.6 is 0 Å². The summed E-state index contributed by atoms with van der Waals surface area (Å²) in [5.74, 6) is 1.97. The van der Waals surface area contributed by atoms with Gasteiger partial charge in [0.15, 0.2) is 0 Å². The molecule has 3 aromatic rings. The van der Waals surface area contributed by atoms with Gasteiger partial charge in [0.2, 0.25) is 0 Å². The van der Waals surface area contributed by atoms with E-state index in [9.17, 15) is 4.79 Å². The minimum atomic E-state index is -0.173. The van der Waals surface area contributed by atoms with E-state index in [0.717, 1.165) is 11.4 Å². The summed E-state index contributed by atoms with van der Waals surface area (Å²) in [5, 5.41) is 7.32. The Kier molecular flexibility index (Phi) is 4.84. The van der Waals surface area contributed by atoms with E-state index in [1.165, 1.54) is 0 Å². The number of hydrogen-bond acceptors (Lipinski definition) is 3. The van der Waals surface area contributed by atoms with E-state index in [1.807, 2.05) is 57.2 Å². The van der Waals surface area contributed by atoms with Crippen molar-refractivity contribution in [1.29, 1.82) is 0 Å². The molecule has 0 aliphatic heterocycles. The molecule has 0 bridgehead atoms. The van der Waals surface area contributed by atoms with Crippen LogP contribution in [0.25, 0.3) is 0 Å². The third-order valence-corrected chi connectivity index (χ3v) is 3.68. The maximum atomic E-state index is 12.5. The number of rotatable bonds is 5. The summed E-state index contributed by atoms with van der Waals surface area (Å²) < 4.78 is 7.55. The van der Waals surface area contributed by atoms with Crippen molar-refractivity contribution in [2.24, 2.45) is 0 Å². The number of benzene rings is 2. The second kappa shape index (κ2) is 7.21. The Bertz CT molecular complexity index is 852. The van der Waals surface area contributed by atoms with Crippen LogP contribution in [0, 0.1) is 6.92 Å². The average molecular weight is 335 g/mol. The molecule has 0 saturated heterocycles. The monoisotopic (exact) mass is 335 g/mol. The predicted molar refractivity (Wildman–Crippen MR) is 98.3 cm³/mol. The summed E-state index contributed by atoms with van der Waals surface area (Å²) in [5.41, 5.74) is 1.44. The smallest absolute Gasteiger partial charge is 0.256 e. The third kappa shape index (κ3) is 4.07. The fourth-order valence-electron chi connectivity index (χ4n) is 2.49. The van der Waals surface area contributed by atoms with Gasteiger partial charge in [0.05, 0.1) is 5.69 Å². The first-order chi connectivity index (χ1) is 12.0. The van der Waals surface area contributed by atoms with E-state index in [2.05, 4.69) is 10.4 Å². The molecular weight excluding hydrogens is 314 g/mol. The van der Waals surface area contributed by atoms with Gasteiger partial charge in [0, 0.05) is 17.7 Å². The Hall–Kier alpha value is -3.08. The Morgan fingerprint density at radius 1 is 1.04 bits per heavy atom. The van der Waals surface area contributed by atoms with E-state index in [0.29, 0.717) is 17.1 Å². The van der Waals surface area contributed by atoms with Crippen molar-refractivity contribution in [3.8, 4) is 11.5 Å². The number of carbonyl (C=O) groups is 1. The maximum absolute atomic E-state index is 12.5. The summed E-state index contributed by atoms with van der Waals surface area (Å²) >= 11 is 0. The molecule has 0 atom stereocenters. The number of aromatic nitrogens is 2. The molecule has 0 aliphatic rings. The number of hydrogen-bond donors (Lipinski definition) is 1. The molecule has 25 heavy (non-hydrogen) atoms. The summed E-state index contributed by atoms with van der Waals surface area (Å²) in [4.78, 5) is 12.5. The average Bonchev–Trinajstić information content (AvgIpc) is 2.97. The molecule has 3 rings (SSSR count). The SMILES string of the molecule is Cc1cc(NC(=O)c2ccc(Oc3ccccc3)cc2)n(C(C)C)n1. The van der Waals surface area contributed by atoms with Crippen LogP contribution in [-0.4, -0.2) is 15.7 Å². The number of ether oxygens (including phenoxy) is 1. The molecule has 128 valence electrons. The molecule has 5 nitrogen and oxygen atoms in total. The highest BCUT2D eigenvalue weighted by Gasteiger charge is 2.13. The van der Waals surface area contributed by atoms with E-state index >= 15 is 0 Å². The highest BCUT2D eigenvalue weighted by Crippen LogP contribution is 2.22. The summed E-state index contributed by atoms with van der Waals surface area (Å²) in [6.07, 6.45) is 0. The molecule has 0 spiro atoms. The first-order valence-electron chi connectivity index (χ1n) is 8.23. The topological polar surface area (TPSA) is 56.1 Å². The largest absolute Gasteiger partial charge is 0.457 e. The van der Waals surface area contributed by atoms with Crippen LogP contribution in [-0.2, 0) is 0 Å². The first kappa shape index (κ1) is 16.8. The quantitative estimate of drug-likeness (QED) is 0.727. The van der Waals surface area contributed by atoms with Crippen LogP contribution in [0.1, 0.15) is 35.9 Å². The molecule has 1 aromatic heterocycles. The lowest BCUT2D eigenvalue weighted by Gasteiger charge is -2.12. The molecule has 0 unspecified atom stereocenters. The highest BCUT2D eigenvalue weighted by atomic mass is 16.5. The van der Waals surface area contributed by atoms with Gasteiger partial charge in [0.1, 0.15) is 17.3 Å². The Morgan fingerprint density at radius 2 is 1.68 bits per heavy atom. The van der Waals surface area contributed by atoms with Crippen molar-refractivity contribution in [2.45, 2.75) is 26.8 Å². The molecule has 1 amide bonds. The minimum absolute atomic E-state index is 0.172. The second-order valence-electron chi connectivity index (χ2n) is 6.10. The lowest BCUT2D eigenvalue weighted by atomic mass is 10.2. The standard InChI is InChI=1S/C20H21N3O2/c1-14(2)23-19(13-15(3)22-23)21-20(24)16-9-11-18(12-10-16)25-17-7-5-4-6-8-17/h4-14H,1-3H3,(H,21,24). The Morgan fingerprint density at radius 3 is 2.32 bits per heavy atom. The maximum Gasteiger partial charge on any atom is 0.256 e. The number of aryl methyl sites for hydroxylation is 1. The van der Waals surface area contributed by atoms with Crippen molar-refractivity contribution in [2.75, 3.05) is 5.32 Å². The van der Waals surface area contributed by atoms with E-state index in [1.54, 1.807) is 28.9 Å². The van der Waals surface area contributed by atoms with E-state index < -0.39 is 0 Å². The summed E-state index contributed by atoms with van der Waals surface area (Å²) in [6, 6.07) is 18.6. The van der Waals surface area contributed by atoms with Crippen LogP contribution in [0.3, 0.4) is 0 Å². The lowest BCUT2D eigenvalue weighted by molar-refractivity contribution is 0.102. The van der Waals surface area contributed by atoms with Gasteiger partial charge in [-0.25, -0.2) is 4.68 Å². The normalized spacial score (nSPS) is 10.7. The lowest BCUT2D eigenvalue weighted by Crippen LogP contribution is -2.16. The van der Waals surface area contributed by atoms with Gasteiger partial charge in [0.25, 0.3) is 5.91 Å². The highest BCUT2D eigenvalue weighted by molar-refractivity contribution is 6.03. The van der Waals surface area contributed by atoms with Gasteiger partial charge >= 0.3 is 0 Å². The number of para-hydroxylation sites is 1. The molecule has 1 heterocycles. The van der Waals surface area contributed by atoms with Gasteiger partial charge < -0.3 is 10.1 Å². The molecular formula is C20H21N3O2. The van der Waals surface area contributed by atoms with Gasteiger partial charge in [-0.15, -0.1) is 0 Å². The molecule has 0 radical (unpaired) electrons. The number of amides is 1. The van der Waals surface area contributed by atoms with Crippen LogP contribution < -0.4 is 10.1 Å². The minimum Gasteiger partial charge on any atom is -0.457 e. The number of carbonyl (C=O) groups excluding carboxylic acids is 1. The molecule has 2 aromatic carbocycles. The van der Waals surface area contributed by atoms with Crippen LogP contribution in [0.5, 0.6) is 11.5 Å². The fourth-order valence-corrected chi connectivity index (χ4v) is 2.49. The van der Waals surface area contributed by atoms with Gasteiger partial charge in [-0.1, -0.05) is 18.2 Å². The number of nitrogens with zero attached hydrogens (tertiary/aromatic N) is 2. The van der Waals surface area contributed by atoms with Gasteiger partial charge in [-0.2, -0.15) is 5.10 Å². The van der Waals surface area contributed by atoms with Crippen LogP contribution in [0.15, 0.2) is 60.7 Å². The summed E-state index contributed by atoms with van der Waals surface area (Å²) in [6.45, 7) is 5.96. The molecule has 5 heteroatoms. The summed E-state index contributed by atoms with van der Waals surface area (Å²) in [7, 11) is 0. The molecule has 0 saturated carbocycles. The van der Waals surface area contributed by atoms with Crippen molar-refractivity contribution in [1.82, 2.24) is 9.78 Å². The van der Waals surface area contributed by atoms with Crippen molar-refractivity contribution >= 4 is 11.7 Å². The van der Waals surface area contributed by atoms with Crippen LogP contribution in [0.4, 0.5) is 5.82 Å². The Balaban J connectivity index is 1.71. The molecule has 0 aliphatic carbocycles. The fraction of sp³-hybridized carbons (Fsp3) is 0.200. The predicted octanol–water partition coefficient (Wildman–Crippen LogP) is 4.82. The van der Waals surface area contributed by atoms with Crippen molar-refractivity contribution in [3.05, 3.63) is 71.9 Å². The van der Waals surface area contributed by atoms with Crippen molar-refractivity contribution in [3.63, 3.8) is 0 Å². The van der Waals surface area contributed by atoms with Gasteiger partial charge in [-0.05, 0) is 57.2 Å². The second-order valence-corrected chi connectivity index (χ2v) is 6.10. The van der Waals surface area contributed by atoms with Crippen LogP contribution in [0.2, 0.25) is 0 Å². The zero-order valence-electron chi connectivity index (χ0n) is 14.6. The molecule has 1 N–H and O–H groups in total. The molecule has 0 fully saturated rings. The van der Waals surface area contributed by atoms with E-state index in [-0.39, 0.29) is 11.9 Å². The Labute approximate surface area is 147 Å². The zero-order chi connectivity index (χ0) is 17.8. The third-order valence-electron chi connectivity index (χ3n) is 3.68. The number of nitrogens with one attached hydrogen (secondary N) is 1. The first-order valence-corrected chi connectivity index (χ1v) is 8.23. The van der Waals surface area contributed by atoms with Crippen molar-refractivity contribution < 1.29 is 9.53 Å². The van der Waals surface area contributed by atoms with E-state index in [4.69, 9.17) is 4.74 Å². The zero-order valence-corrected chi connectivity index (χ0v) is 14.6. The number of anilines is 1. The van der Waals surface area contributed by atoms with Gasteiger partial charge in [-0.3, -0.25) is 4.79 Å².